The van der Waals surface area contributed by atoms with Crippen LogP contribution in [0.25, 0.3) is 0 Å². The summed E-state index contributed by atoms with van der Waals surface area (Å²) in [5.74, 6) is 0.255. The number of likely N-dealkylation sites (tertiary alicyclic amines) is 1. The van der Waals surface area contributed by atoms with Gasteiger partial charge >= 0.3 is 6.03 Å². The molecule has 0 spiro atoms. The van der Waals surface area contributed by atoms with Crippen molar-refractivity contribution in [3.8, 4) is 0 Å². The van der Waals surface area contributed by atoms with Gasteiger partial charge in [0.1, 0.15) is 0 Å². The molecule has 2 rings (SSSR count). The number of rotatable bonds is 6. The molecule has 21 heavy (non-hydrogen) atoms. The van der Waals surface area contributed by atoms with E-state index in [1.165, 1.54) is 0 Å². The second-order valence-corrected chi connectivity index (χ2v) is 6.25. The highest BCUT2D eigenvalue weighted by Gasteiger charge is 2.31. The molecule has 0 aromatic heterocycles. The molecule has 2 fully saturated rings. The molecule has 0 aliphatic carbocycles. The Hall–Kier alpha value is -1.30. The maximum Gasteiger partial charge on any atom is 0.317 e. The lowest BCUT2D eigenvalue weighted by atomic mass is 10.0. The summed E-state index contributed by atoms with van der Waals surface area (Å²) in [6, 6.07) is 0.834. The summed E-state index contributed by atoms with van der Waals surface area (Å²) in [6.45, 7) is 8.24. The number of hydrogen-bond acceptors (Lipinski definition) is 3. The smallest absolute Gasteiger partial charge is 0.317 e. The maximum absolute atomic E-state index is 12.1. The SMILES string of the molecule is CC(C)NCCCC(=O)N1CCC(N2CCNC2=O)CC1. The molecule has 0 aromatic carbocycles. The normalized spacial score (nSPS) is 20.2. The zero-order chi connectivity index (χ0) is 15.2. The van der Waals surface area contributed by atoms with Crippen molar-refractivity contribution < 1.29 is 9.59 Å². The third-order valence-electron chi connectivity index (χ3n) is 4.27. The summed E-state index contributed by atoms with van der Waals surface area (Å²) in [5, 5.41) is 6.17. The molecule has 0 unspecified atom stereocenters. The van der Waals surface area contributed by atoms with Gasteiger partial charge in [-0.25, -0.2) is 4.79 Å². The Morgan fingerprint density at radius 3 is 2.62 bits per heavy atom. The Morgan fingerprint density at radius 1 is 1.33 bits per heavy atom. The number of nitrogens with zero attached hydrogens (tertiary/aromatic N) is 2. The Balaban J connectivity index is 1.66. The molecule has 0 radical (unpaired) electrons. The van der Waals surface area contributed by atoms with Crippen molar-refractivity contribution in [2.75, 3.05) is 32.7 Å². The van der Waals surface area contributed by atoms with Crippen LogP contribution in [0.1, 0.15) is 39.5 Å². The van der Waals surface area contributed by atoms with Gasteiger partial charge in [0.2, 0.25) is 5.91 Å². The monoisotopic (exact) mass is 296 g/mol. The predicted octanol–water partition coefficient (Wildman–Crippen LogP) is 0.781. The highest BCUT2D eigenvalue weighted by molar-refractivity contribution is 5.77. The van der Waals surface area contributed by atoms with Crippen molar-refractivity contribution in [3.05, 3.63) is 0 Å². The Kier molecular flexibility index (Phi) is 5.85. The van der Waals surface area contributed by atoms with Gasteiger partial charge < -0.3 is 20.4 Å². The molecule has 2 aliphatic rings. The number of piperidine rings is 1. The van der Waals surface area contributed by atoms with Crippen molar-refractivity contribution in [2.45, 2.75) is 51.6 Å². The van der Waals surface area contributed by atoms with Gasteiger partial charge in [-0.1, -0.05) is 13.8 Å². The summed E-state index contributed by atoms with van der Waals surface area (Å²) in [4.78, 5) is 27.7. The van der Waals surface area contributed by atoms with Crippen molar-refractivity contribution in [2.24, 2.45) is 0 Å². The number of urea groups is 1. The number of carbonyl (C=O) groups is 2. The van der Waals surface area contributed by atoms with E-state index in [1.807, 2.05) is 9.80 Å². The molecule has 120 valence electrons. The molecule has 3 amide bonds. The Bertz CT molecular complexity index is 365. The van der Waals surface area contributed by atoms with Crippen LogP contribution < -0.4 is 10.6 Å². The Morgan fingerprint density at radius 2 is 2.05 bits per heavy atom. The molecule has 2 N–H and O–H groups in total. The van der Waals surface area contributed by atoms with Gasteiger partial charge in [0.05, 0.1) is 0 Å². The lowest BCUT2D eigenvalue weighted by Gasteiger charge is -2.36. The zero-order valence-electron chi connectivity index (χ0n) is 13.2. The fourth-order valence-electron chi connectivity index (χ4n) is 3.05. The molecular weight excluding hydrogens is 268 g/mol. The van der Waals surface area contributed by atoms with Gasteiger partial charge in [-0.2, -0.15) is 0 Å². The molecule has 0 atom stereocenters. The fraction of sp³-hybridized carbons (Fsp3) is 0.867. The van der Waals surface area contributed by atoms with Crippen LogP contribution in [0, 0.1) is 0 Å². The quantitative estimate of drug-likeness (QED) is 0.712. The van der Waals surface area contributed by atoms with Crippen molar-refractivity contribution >= 4 is 11.9 Å². The second-order valence-electron chi connectivity index (χ2n) is 6.25. The number of hydrogen-bond donors (Lipinski definition) is 2. The second kappa shape index (κ2) is 7.64. The van der Waals surface area contributed by atoms with Gasteiger partial charge in [0.15, 0.2) is 0 Å². The molecule has 6 nitrogen and oxygen atoms in total. The van der Waals surface area contributed by atoms with Crippen molar-refractivity contribution in [1.29, 1.82) is 0 Å². The van der Waals surface area contributed by atoms with E-state index in [9.17, 15) is 9.59 Å². The average Bonchev–Trinajstić information content (AvgIpc) is 2.89. The standard InChI is InChI=1S/C15H28N4O2/c1-12(2)16-7-3-4-14(20)18-9-5-13(6-10-18)19-11-8-17-15(19)21/h12-13,16H,3-11H2,1-2H3,(H,17,21). The lowest BCUT2D eigenvalue weighted by Crippen LogP contribution is -2.47. The fourth-order valence-corrected chi connectivity index (χ4v) is 3.05. The van der Waals surface area contributed by atoms with Crippen LogP contribution in [-0.4, -0.2) is 66.5 Å². The maximum atomic E-state index is 12.1. The van der Waals surface area contributed by atoms with Gasteiger partial charge in [-0.15, -0.1) is 0 Å². The summed E-state index contributed by atoms with van der Waals surface area (Å²) in [6.07, 6.45) is 3.33. The molecule has 6 heteroatoms. The van der Waals surface area contributed by atoms with Crippen LogP contribution in [0.15, 0.2) is 0 Å². The molecule has 2 saturated heterocycles. The van der Waals surface area contributed by atoms with E-state index >= 15 is 0 Å². The minimum Gasteiger partial charge on any atom is -0.343 e. The number of carbonyl (C=O) groups excluding carboxylic acids is 2. The van der Waals surface area contributed by atoms with E-state index in [1.54, 1.807) is 0 Å². The first-order valence-electron chi connectivity index (χ1n) is 8.13. The van der Waals surface area contributed by atoms with Crippen molar-refractivity contribution in [3.63, 3.8) is 0 Å². The van der Waals surface area contributed by atoms with Gasteiger partial charge in [-0.05, 0) is 25.8 Å². The first kappa shape index (κ1) is 16.1. The van der Waals surface area contributed by atoms with E-state index in [2.05, 4.69) is 24.5 Å². The van der Waals surface area contributed by atoms with Crippen LogP contribution in [0.3, 0.4) is 0 Å². The highest BCUT2D eigenvalue weighted by Crippen LogP contribution is 2.19. The highest BCUT2D eigenvalue weighted by atomic mass is 16.2. The largest absolute Gasteiger partial charge is 0.343 e. The van der Waals surface area contributed by atoms with E-state index in [4.69, 9.17) is 0 Å². The summed E-state index contributed by atoms with van der Waals surface area (Å²) in [7, 11) is 0. The van der Waals surface area contributed by atoms with Crippen LogP contribution in [0.4, 0.5) is 4.79 Å². The van der Waals surface area contributed by atoms with E-state index in [0.29, 0.717) is 18.5 Å². The lowest BCUT2D eigenvalue weighted by molar-refractivity contribution is -0.132. The minimum absolute atomic E-state index is 0.0551. The van der Waals surface area contributed by atoms with Crippen LogP contribution in [-0.2, 0) is 4.79 Å². The number of amides is 3. The minimum atomic E-state index is 0.0551. The summed E-state index contributed by atoms with van der Waals surface area (Å²) >= 11 is 0. The van der Waals surface area contributed by atoms with Crippen LogP contribution in [0.2, 0.25) is 0 Å². The van der Waals surface area contributed by atoms with Crippen LogP contribution >= 0.6 is 0 Å². The first-order valence-corrected chi connectivity index (χ1v) is 8.13. The average molecular weight is 296 g/mol. The van der Waals surface area contributed by atoms with E-state index in [0.717, 1.165) is 52.0 Å². The first-order chi connectivity index (χ1) is 10.1. The molecule has 0 bridgehead atoms. The molecular formula is C15H28N4O2. The third-order valence-corrected chi connectivity index (χ3v) is 4.27. The summed E-state index contributed by atoms with van der Waals surface area (Å²) < 4.78 is 0. The van der Waals surface area contributed by atoms with Gasteiger partial charge in [0.25, 0.3) is 0 Å². The zero-order valence-corrected chi connectivity index (χ0v) is 13.2. The van der Waals surface area contributed by atoms with Gasteiger partial charge in [0, 0.05) is 44.7 Å². The predicted molar refractivity (Wildman–Crippen MR) is 82.1 cm³/mol. The van der Waals surface area contributed by atoms with Gasteiger partial charge in [-0.3, -0.25) is 4.79 Å². The van der Waals surface area contributed by atoms with E-state index in [-0.39, 0.29) is 11.9 Å². The van der Waals surface area contributed by atoms with E-state index < -0.39 is 0 Å². The summed E-state index contributed by atoms with van der Waals surface area (Å²) in [5.41, 5.74) is 0. The molecule has 0 saturated carbocycles. The molecule has 2 aliphatic heterocycles. The topological polar surface area (TPSA) is 64.7 Å². The Labute approximate surface area is 127 Å². The molecule has 0 aromatic rings. The van der Waals surface area contributed by atoms with Crippen LogP contribution in [0.5, 0.6) is 0 Å². The number of nitrogens with one attached hydrogen (secondary N) is 2. The molecule has 2 heterocycles. The third kappa shape index (κ3) is 4.59. The van der Waals surface area contributed by atoms with Crippen molar-refractivity contribution in [1.82, 2.24) is 20.4 Å².